The Labute approximate surface area is 141 Å². The van der Waals surface area contributed by atoms with Crippen LogP contribution in [0.2, 0.25) is 0 Å². The summed E-state index contributed by atoms with van der Waals surface area (Å²) < 4.78 is 16.2. The average molecular weight is 331 g/mol. The van der Waals surface area contributed by atoms with Crippen LogP contribution in [0, 0.1) is 0 Å². The minimum Gasteiger partial charge on any atom is -0.507 e. The lowest BCUT2D eigenvalue weighted by Gasteiger charge is -2.14. The number of amides is 1. The standard InChI is InChI=1S/C18H21NO5/c1-4-23-14-10-9-12(11-16(14)24-5-2)19-18(21)17-13(20)7-6-8-15(17)22-3/h6-11,20H,4-5H2,1-3H3,(H,19,21). The Balaban J connectivity index is 2.28. The van der Waals surface area contributed by atoms with Crippen molar-refractivity contribution in [2.45, 2.75) is 13.8 Å². The molecule has 1 amide bonds. The average Bonchev–Trinajstić information content (AvgIpc) is 2.57. The van der Waals surface area contributed by atoms with Gasteiger partial charge >= 0.3 is 0 Å². The largest absolute Gasteiger partial charge is 0.507 e. The number of carbonyl (C=O) groups is 1. The molecule has 2 N–H and O–H groups in total. The first-order valence-corrected chi connectivity index (χ1v) is 7.67. The highest BCUT2D eigenvalue weighted by Gasteiger charge is 2.18. The highest BCUT2D eigenvalue weighted by atomic mass is 16.5. The van der Waals surface area contributed by atoms with E-state index < -0.39 is 5.91 Å². The third-order valence-corrected chi connectivity index (χ3v) is 3.25. The first kappa shape index (κ1) is 17.5. The van der Waals surface area contributed by atoms with E-state index in [1.165, 1.54) is 13.2 Å². The molecule has 0 aliphatic rings. The minimum atomic E-state index is -0.475. The van der Waals surface area contributed by atoms with E-state index in [2.05, 4.69) is 5.32 Å². The maximum atomic E-state index is 12.5. The number of hydrogen-bond acceptors (Lipinski definition) is 5. The van der Waals surface area contributed by atoms with Gasteiger partial charge in [-0.15, -0.1) is 0 Å². The molecule has 0 aromatic heterocycles. The lowest BCUT2D eigenvalue weighted by Crippen LogP contribution is -2.13. The Morgan fingerprint density at radius 1 is 1.04 bits per heavy atom. The summed E-state index contributed by atoms with van der Waals surface area (Å²) in [6.07, 6.45) is 0. The number of phenols is 1. The van der Waals surface area contributed by atoms with Gasteiger partial charge < -0.3 is 24.6 Å². The van der Waals surface area contributed by atoms with Crippen molar-refractivity contribution in [3.05, 3.63) is 42.0 Å². The van der Waals surface area contributed by atoms with Crippen molar-refractivity contribution in [3.8, 4) is 23.0 Å². The van der Waals surface area contributed by atoms with Crippen LogP contribution in [-0.4, -0.2) is 31.3 Å². The third kappa shape index (κ3) is 3.90. The third-order valence-electron chi connectivity index (χ3n) is 3.25. The minimum absolute atomic E-state index is 0.0758. The Kier molecular flexibility index (Phi) is 5.89. The monoisotopic (exact) mass is 331 g/mol. The van der Waals surface area contributed by atoms with Crippen LogP contribution < -0.4 is 19.5 Å². The van der Waals surface area contributed by atoms with Gasteiger partial charge in [0, 0.05) is 11.8 Å². The summed E-state index contributed by atoms with van der Waals surface area (Å²) in [5, 5.41) is 12.7. The van der Waals surface area contributed by atoms with E-state index in [1.54, 1.807) is 30.3 Å². The van der Waals surface area contributed by atoms with Gasteiger partial charge in [-0.1, -0.05) is 6.07 Å². The Bertz CT molecular complexity index is 715. The van der Waals surface area contributed by atoms with Gasteiger partial charge in [-0.05, 0) is 38.1 Å². The van der Waals surface area contributed by atoms with E-state index in [9.17, 15) is 9.90 Å². The van der Waals surface area contributed by atoms with Gasteiger partial charge in [0.25, 0.3) is 5.91 Å². The molecular formula is C18H21NO5. The molecule has 0 atom stereocenters. The SMILES string of the molecule is CCOc1ccc(NC(=O)c2c(O)cccc2OC)cc1OCC. The molecule has 0 spiro atoms. The molecule has 0 aliphatic carbocycles. The van der Waals surface area contributed by atoms with Crippen LogP contribution >= 0.6 is 0 Å². The summed E-state index contributed by atoms with van der Waals surface area (Å²) in [7, 11) is 1.44. The lowest BCUT2D eigenvalue weighted by atomic mass is 10.1. The zero-order valence-corrected chi connectivity index (χ0v) is 14.0. The molecule has 0 unspecified atom stereocenters. The number of rotatable bonds is 7. The van der Waals surface area contributed by atoms with Gasteiger partial charge in [-0.25, -0.2) is 0 Å². The van der Waals surface area contributed by atoms with E-state index in [1.807, 2.05) is 13.8 Å². The van der Waals surface area contributed by atoms with E-state index >= 15 is 0 Å². The summed E-state index contributed by atoms with van der Waals surface area (Å²) in [4.78, 5) is 12.5. The Hall–Kier alpha value is -2.89. The number of benzene rings is 2. The zero-order valence-electron chi connectivity index (χ0n) is 14.0. The number of ether oxygens (including phenoxy) is 3. The molecule has 6 heteroatoms. The number of phenolic OH excluding ortho intramolecular Hbond substituents is 1. The quantitative estimate of drug-likeness (QED) is 0.812. The first-order valence-electron chi connectivity index (χ1n) is 7.67. The predicted molar refractivity (Wildman–Crippen MR) is 91.4 cm³/mol. The molecule has 0 radical (unpaired) electrons. The Morgan fingerprint density at radius 3 is 2.42 bits per heavy atom. The van der Waals surface area contributed by atoms with Gasteiger partial charge in [0.2, 0.25) is 0 Å². The van der Waals surface area contributed by atoms with Crippen molar-refractivity contribution in [2.24, 2.45) is 0 Å². The van der Waals surface area contributed by atoms with Crippen molar-refractivity contribution in [2.75, 3.05) is 25.6 Å². The lowest BCUT2D eigenvalue weighted by molar-refractivity contribution is 0.102. The van der Waals surface area contributed by atoms with Crippen molar-refractivity contribution in [1.29, 1.82) is 0 Å². The molecular weight excluding hydrogens is 310 g/mol. The van der Waals surface area contributed by atoms with E-state index in [-0.39, 0.29) is 11.3 Å². The molecule has 2 rings (SSSR count). The van der Waals surface area contributed by atoms with E-state index in [4.69, 9.17) is 14.2 Å². The molecule has 2 aromatic carbocycles. The smallest absolute Gasteiger partial charge is 0.263 e. The van der Waals surface area contributed by atoms with E-state index in [0.29, 0.717) is 36.1 Å². The van der Waals surface area contributed by atoms with Gasteiger partial charge in [0.15, 0.2) is 11.5 Å². The van der Waals surface area contributed by atoms with Crippen LogP contribution in [0.3, 0.4) is 0 Å². The molecule has 0 aliphatic heterocycles. The first-order chi connectivity index (χ1) is 11.6. The van der Waals surface area contributed by atoms with Crippen LogP contribution in [-0.2, 0) is 0 Å². The van der Waals surface area contributed by atoms with Gasteiger partial charge in [-0.2, -0.15) is 0 Å². The normalized spacial score (nSPS) is 10.1. The molecule has 0 fully saturated rings. The molecule has 2 aromatic rings. The number of methoxy groups -OCH3 is 1. The summed E-state index contributed by atoms with van der Waals surface area (Å²) >= 11 is 0. The van der Waals surface area contributed by atoms with Crippen LogP contribution in [0.15, 0.2) is 36.4 Å². The maximum Gasteiger partial charge on any atom is 0.263 e. The van der Waals surface area contributed by atoms with Gasteiger partial charge in [-0.3, -0.25) is 4.79 Å². The second kappa shape index (κ2) is 8.10. The number of carbonyl (C=O) groups excluding carboxylic acids is 1. The predicted octanol–water partition coefficient (Wildman–Crippen LogP) is 3.45. The number of nitrogens with one attached hydrogen (secondary N) is 1. The van der Waals surface area contributed by atoms with Gasteiger partial charge in [0.1, 0.15) is 17.1 Å². The molecule has 0 heterocycles. The number of hydrogen-bond donors (Lipinski definition) is 2. The number of anilines is 1. The second-order valence-electron chi connectivity index (χ2n) is 4.84. The van der Waals surface area contributed by atoms with Crippen molar-refractivity contribution < 1.29 is 24.1 Å². The van der Waals surface area contributed by atoms with Crippen molar-refractivity contribution in [3.63, 3.8) is 0 Å². The van der Waals surface area contributed by atoms with Crippen LogP contribution in [0.25, 0.3) is 0 Å². The van der Waals surface area contributed by atoms with Crippen LogP contribution in [0.4, 0.5) is 5.69 Å². The van der Waals surface area contributed by atoms with Crippen LogP contribution in [0.1, 0.15) is 24.2 Å². The zero-order chi connectivity index (χ0) is 17.5. The molecule has 0 bridgehead atoms. The summed E-state index contributed by atoms with van der Waals surface area (Å²) in [5.74, 6) is 0.821. The molecule has 0 saturated carbocycles. The van der Waals surface area contributed by atoms with Crippen molar-refractivity contribution >= 4 is 11.6 Å². The summed E-state index contributed by atoms with van der Waals surface area (Å²) in [6, 6.07) is 9.76. The molecule has 128 valence electrons. The molecule has 6 nitrogen and oxygen atoms in total. The van der Waals surface area contributed by atoms with E-state index in [0.717, 1.165) is 0 Å². The van der Waals surface area contributed by atoms with Crippen molar-refractivity contribution in [1.82, 2.24) is 0 Å². The maximum absolute atomic E-state index is 12.5. The summed E-state index contributed by atoms with van der Waals surface area (Å²) in [5.41, 5.74) is 0.601. The summed E-state index contributed by atoms with van der Waals surface area (Å²) in [6.45, 7) is 4.75. The molecule has 24 heavy (non-hydrogen) atoms. The highest BCUT2D eigenvalue weighted by molar-refractivity contribution is 6.08. The highest BCUT2D eigenvalue weighted by Crippen LogP contribution is 2.32. The second-order valence-corrected chi connectivity index (χ2v) is 4.84. The fraction of sp³-hybridized carbons (Fsp3) is 0.278. The topological polar surface area (TPSA) is 77.0 Å². The number of aromatic hydroxyl groups is 1. The molecule has 0 saturated heterocycles. The fourth-order valence-corrected chi connectivity index (χ4v) is 2.24. The van der Waals surface area contributed by atoms with Crippen LogP contribution in [0.5, 0.6) is 23.0 Å². The Morgan fingerprint density at radius 2 is 1.75 bits per heavy atom. The fourth-order valence-electron chi connectivity index (χ4n) is 2.24. The van der Waals surface area contributed by atoms with Gasteiger partial charge in [0.05, 0.1) is 20.3 Å².